The van der Waals surface area contributed by atoms with Gasteiger partial charge in [-0.2, -0.15) is 0 Å². The SMILES string of the molecule is ON=C1CCCC1Sc1ncccn1. The highest BCUT2D eigenvalue weighted by Crippen LogP contribution is 2.30. The van der Waals surface area contributed by atoms with E-state index in [1.807, 2.05) is 0 Å². The third-order valence-corrected chi connectivity index (χ3v) is 3.40. The van der Waals surface area contributed by atoms with Crippen LogP contribution in [0.4, 0.5) is 0 Å². The minimum absolute atomic E-state index is 0.252. The molecule has 0 saturated heterocycles. The van der Waals surface area contributed by atoms with Crippen molar-refractivity contribution in [3.8, 4) is 0 Å². The molecule has 1 unspecified atom stereocenters. The molecule has 1 fully saturated rings. The van der Waals surface area contributed by atoms with Crippen molar-refractivity contribution < 1.29 is 5.21 Å². The molecule has 1 N–H and O–H groups in total. The van der Waals surface area contributed by atoms with Gasteiger partial charge in [-0.15, -0.1) is 0 Å². The predicted octanol–water partition coefficient (Wildman–Crippen LogP) is 1.95. The summed E-state index contributed by atoms with van der Waals surface area (Å²) in [6.07, 6.45) is 6.47. The van der Waals surface area contributed by atoms with Gasteiger partial charge in [0, 0.05) is 12.4 Å². The normalized spacial score (nSPS) is 24.3. The van der Waals surface area contributed by atoms with E-state index in [0.717, 1.165) is 30.1 Å². The Morgan fingerprint density at radius 3 is 2.93 bits per heavy atom. The molecule has 0 bridgehead atoms. The summed E-state index contributed by atoms with van der Waals surface area (Å²) in [6, 6.07) is 1.79. The summed E-state index contributed by atoms with van der Waals surface area (Å²) in [6.45, 7) is 0. The molecule has 2 rings (SSSR count). The molecule has 1 aromatic rings. The molecule has 1 aliphatic rings. The number of aromatic nitrogens is 2. The van der Waals surface area contributed by atoms with Crippen LogP contribution in [0.2, 0.25) is 0 Å². The van der Waals surface area contributed by atoms with E-state index in [2.05, 4.69) is 15.1 Å². The molecule has 74 valence electrons. The zero-order chi connectivity index (χ0) is 9.80. The summed E-state index contributed by atoms with van der Waals surface area (Å²) in [4.78, 5) is 8.25. The summed E-state index contributed by atoms with van der Waals surface area (Å²) in [7, 11) is 0. The van der Waals surface area contributed by atoms with Gasteiger partial charge in [0.1, 0.15) is 0 Å². The smallest absolute Gasteiger partial charge is 0.188 e. The van der Waals surface area contributed by atoms with Crippen LogP contribution in [-0.2, 0) is 0 Å². The Kier molecular flexibility index (Phi) is 2.98. The standard InChI is InChI=1S/C9H11N3OS/c13-12-7-3-1-4-8(7)14-9-10-5-2-6-11-9/h2,5-6,8,13H,1,3-4H2. The molecule has 0 radical (unpaired) electrons. The van der Waals surface area contributed by atoms with Crippen LogP contribution in [0, 0.1) is 0 Å². The maximum atomic E-state index is 8.75. The summed E-state index contributed by atoms with van der Waals surface area (Å²) in [5.41, 5.74) is 0.863. The third kappa shape index (κ3) is 2.04. The predicted molar refractivity (Wildman–Crippen MR) is 54.7 cm³/mol. The molecule has 5 heteroatoms. The van der Waals surface area contributed by atoms with Gasteiger partial charge >= 0.3 is 0 Å². The van der Waals surface area contributed by atoms with Crippen molar-refractivity contribution in [2.45, 2.75) is 29.7 Å². The lowest BCUT2D eigenvalue weighted by Gasteiger charge is -2.06. The molecule has 0 spiro atoms. The second-order valence-electron chi connectivity index (χ2n) is 3.12. The largest absolute Gasteiger partial charge is 0.411 e. The van der Waals surface area contributed by atoms with E-state index in [1.54, 1.807) is 30.2 Å². The van der Waals surface area contributed by atoms with Crippen molar-refractivity contribution >= 4 is 17.5 Å². The Balaban J connectivity index is 2.04. The third-order valence-electron chi connectivity index (χ3n) is 2.19. The van der Waals surface area contributed by atoms with Crippen LogP contribution in [0.15, 0.2) is 28.8 Å². The first kappa shape index (κ1) is 9.45. The van der Waals surface area contributed by atoms with E-state index >= 15 is 0 Å². The lowest BCUT2D eigenvalue weighted by molar-refractivity contribution is 0.317. The molecule has 1 heterocycles. The maximum absolute atomic E-state index is 8.75. The number of hydrogen-bond donors (Lipinski definition) is 1. The van der Waals surface area contributed by atoms with Crippen molar-refractivity contribution in [2.75, 3.05) is 0 Å². The first-order chi connectivity index (χ1) is 6.90. The first-order valence-corrected chi connectivity index (χ1v) is 5.42. The van der Waals surface area contributed by atoms with Gasteiger partial charge in [-0.25, -0.2) is 9.97 Å². The Labute approximate surface area is 86.5 Å². The average Bonchev–Trinajstić information content (AvgIpc) is 2.67. The van der Waals surface area contributed by atoms with Gasteiger partial charge in [0.05, 0.1) is 11.0 Å². The highest BCUT2D eigenvalue weighted by atomic mass is 32.2. The second-order valence-corrected chi connectivity index (χ2v) is 4.29. The van der Waals surface area contributed by atoms with Crippen LogP contribution in [0.3, 0.4) is 0 Å². The molecule has 1 aromatic heterocycles. The molecule has 4 nitrogen and oxygen atoms in total. The van der Waals surface area contributed by atoms with Crippen LogP contribution < -0.4 is 0 Å². The number of nitrogens with zero attached hydrogens (tertiary/aromatic N) is 3. The summed E-state index contributed by atoms with van der Waals surface area (Å²) < 4.78 is 0. The zero-order valence-electron chi connectivity index (χ0n) is 7.63. The Morgan fingerprint density at radius 1 is 1.43 bits per heavy atom. The molecule has 1 saturated carbocycles. The Bertz CT molecular complexity index is 328. The molecule has 1 atom stereocenters. The molecule has 1 aliphatic carbocycles. The summed E-state index contributed by atoms with van der Waals surface area (Å²) >= 11 is 1.57. The van der Waals surface area contributed by atoms with Crippen LogP contribution in [0.1, 0.15) is 19.3 Å². The van der Waals surface area contributed by atoms with E-state index < -0.39 is 0 Å². The lowest BCUT2D eigenvalue weighted by Crippen LogP contribution is -2.09. The van der Waals surface area contributed by atoms with E-state index in [9.17, 15) is 0 Å². The summed E-state index contributed by atoms with van der Waals surface area (Å²) in [5.74, 6) is 0. The molecule has 14 heavy (non-hydrogen) atoms. The van der Waals surface area contributed by atoms with Crippen LogP contribution in [0.5, 0.6) is 0 Å². The molecule has 0 aliphatic heterocycles. The minimum atomic E-state index is 0.252. The highest BCUT2D eigenvalue weighted by Gasteiger charge is 2.24. The van der Waals surface area contributed by atoms with Crippen molar-refractivity contribution in [1.29, 1.82) is 0 Å². The van der Waals surface area contributed by atoms with Gasteiger partial charge in [0.15, 0.2) is 5.16 Å². The molecular weight excluding hydrogens is 198 g/mol. The van der Waals surface area contributed by atoms with Gasteiger partial charge in [0.2, 0.25) is 0 Å². The van der Waals surface area contributed by atoms with Crippen LogP contribution in [0.25, 0.3) is 0 Å². The highest BCUT2D eigenvalue weighted by molar-refractivity contribution is 8.00. The lowest BCUT2D eigenvalue weighted by atomic mass is 10.3. The van der Waals surface area contributed by atoms with E-state index in [-0.39, 0.29) is 5.25 Å². The van der Waals surface area contributed by atoms with Crippen molar-refractivity contribution in [2.24, 2.45) is 5.16 Å². The number of hydrogen-bond acceptors (Lipinski definition) is 5. The average molecular weight is 209 g/mol. The van der Waals surface area contributed by atoms with E-state index in [0.29, 0.717) is 0 Å². The van der Waals surface area contributed by atoms with Crippen molar-refractivity contribution in [1.82, 2.24) is 9.97 Å². The summed E-state index contributed by atoms with van der Waals surface area (Å²) in [5, 5.41) is 13.1. The number of rotatable bonds is 2. The van der Waals surface area contributed by atoms with Gasteiger partial charge in [-0.1, -0.05) is 16.9 Å². The molecule has 0 amide bonds. The fourth-order valence-electron chi connectivity index (χ4n) is 1.51. The monoisotopic (exact) mass is 209 g/mol. The Morgan fingerprint density at radius 2 is 2.21 bits per heavy atom. The quantitative estimate of drug-likeness (QED) is 0.459. The van der Waals surface area contributed by atoms with Gasteiger partial charge in [-0.05, 0) is 25.3 Å². The zero-order valence-corrected chi connectivity index (χ0v) is 8.44. The maximum Gasteiger partial charge on any atom is 0.188 e. The van der Waals surface area contributed by atoms with Crippen LogP contribution >= 0.6 is 11.8 Å². The number of thioether (sulfide) groups is 1. The fraction of sp³-hybridized carbons (Fsp3) is 0.444. The van der Waals surface area contributed by atoms with Crippen molar-refractivity contribution in [3.05, 3.63) is 18.5 Å². The first-order valence-electron chi connectivity index (χ1n) is 4.54. The van der Waals surface area contributed by atoms with Gasteiger partial charge < -0.3 is 5.21 Å². The Hall–Kier alpha value is -1.10. The number of oxime groups is 1. The molecular formula is C9H11N3OS. The van der Waals surface area contributed by atoms with E-state index in [4.69, 9.17) is 5.21 Å². The van der Waals surface area contributed by atoms with Gasteiger partial charge in [0.25, 0.3) is 0 Å². The minimum Gasteiger partial charge on any atom is -0.411 e. The second kappa shape index (κ2) is 4.41. The fourth-order valence-corrected chi connectivity index (χ4v) is 2.59. The topological polar surface area (TPSA) is 58.4 Å². The van der Waals surface area contributed by atoms with Crippen molar-refractivity contribution in [3.63, 3.8) is 0 Å². The molecule has 0 aromatic carbocycles. The van der Waals surface area contributed by atoms with E-state index in [1.165, 1.54) is 0 Å². The van der Waals surface area contributed by atoms with Gasteiger partial charge in [-0.3, -0.25) is 0 Å². The van der Waals surface area contributed by atoms with Crippen LogP contribution in [-0.4, -0.2) is 26.1 Å².